The van der Waals surface area contributed by atoms with Crippen LogP contribution in [-0.2, 0) is 10.0 Å². The van der Waals surface area contributed by atoms with Gasteiger partial charge >= 0.3 is 5.69 Å². The molecule has 0 aliphatic carbocycles. The Bertz CT molecular complexity index is 1100. The molecule has 0 aliphatic rings. The third kappa shape index (κ3) is 3.94. The largest absolute Gasteiger partial charge is 0.434 e. The normalized spacial score (nSPS) is 11.1. The van der Waals surface area contributed by atoms with E-state index < -0.39 is 14.9 Å². The maximum absolute atomic E-state index is 12.7. The zero-order valence-electron chi connectivity index (χ0n) is 15.1. The van der Waals surface area contributed by atoms with E-state index in [1.54, 1.807) is 36.4 Å². The van der Waals surface area contributed by atoms with E-state index >= 15 is 0 Å². The third-order valence-corrected chi connectivity index (χ3v) is 5.84. The number of nitro groups is 1. The molecule has 1 aromatic heterocycles. The van der Waals surface area contributed by atoms with E-state index in [-0.39, 0.29) is 16.5 Å². The summed E-state index contributed by atoms with van der Waals surface area (Å²) in [6.45, 7) is 1.88. The number of aryl methyl sites for hydroxylation is 1. The van der Waals surface area contributed by atoms with Crippen LogP contribution in [0.3, 0.4) is 0 Å². The standard InChI is InChI=1S/C19H17N3O5S/c1-14-5-11-17(12-6-14)28(25,26)21(2)15-7-9-16(10-8-15)27-19-18(22(23)24)4-3-13-20-19/h3-13H,1-2H3. The number of anilines is 1. The van der Waals surface area contributed by atoms with Crippen molar-refractivity contribution in [3.8, 4) is 11.6 Å². The van der Waals surface area contributed by atoms with E-state index in [1.165, 1.54) is 37.5 Å². The fraction of sp³-hybridized carbons (Fsp3) is 0.105. The van der Waals surface area contributed by atoms with Crippen molar-refractivity contribution < 1.29 is 18.1 Å². The minimum atomic E-state index is -3.71. The van der Waals surface area contributed by atoms with Crippen molar-refractivity contribution in [3.63, 3.8) is 0 Å². The molecular formula is C19H17N3O5S. The molecular weight excluding hydrogens is 382 g/mol. The van der Waals surface area contributed by atoms with Crippen molar-refractivity contribution in [2.75, 3.05) is 11.4 Å². The zero-order chi connectivity index (χ0) is 20.3. The fourth-order valence-corrected chi connectivity index (χ4v) is 3.64. The Morgan fingerprint density at radius 3 is 2.29 bits per heavy atom. The molecule has 0 saturated heterocycles. The van der Waals surface area contributed by atoms with Crippen LogP contribution in [0.15, 0.2) is 71.8 Å². The molecule has 1 heterocycles. The quantitative estimate of drug-likeness (QED) is 0.460. The van der Waals surface area contributed by atoms with Crippen LogP contribution in [-0.4, -0.2) is 25.4 Å². The van der Waals surface area contributed by atoms with Gasteiger partial charge in [0, 0.05) is 19.3 Å². The number of nitrogens with zero attached hydrogens (tertiary/aromatic N) is 3. The Balaban J connectivity index is 1.83. The van der Waals surface area contributed by atoms with Gasteiger partial charge in [-0.05, 0) is 49.4 Å². The number of benzene rings is 2. The highest BCUT2D eigenvalue weighted by atomic mass is 32.2. The van der Waals surface area contributed by atoms with Crippen molar-refractivity contribution in [1.29, 1.82) is 0 Å². The molecule has 0 N–H and O–H groups in total. The SMILES string of the molecule is Cc1ccc(S(=O)(=O)N(C)c2ccc(Oc3ncccc3[N+](=O)[O-])cc2)cc1. The average Bonchev–Trinajstić information content (AvgIpc) is 2.68. The highest BCUT2D eigenvalue weighted by Crippen LogP contribution is 2.30. The van der Waals surface area contributed by atoms with Gasteiger partial charge in [-0.3, -0.25) is 14.4 Å². The van der Waals surface area contributed by atoms with Crippen LogP contribution < -0.4 is 9.04 Å². The van der Waals surface area contributed by atoms with Gasteiger partial charge in [-0.2, -0.15) is 0 Å². The van der Waals surface area contributed by atoms with Crippen LogP contribution in [0.25, 0.3) is 0 Å². The molecule has 0 bridgehead atoms. The summed E-state index contributed by atoms with van der Waals surface area (Å²) in [4.78, 5) is 14.5. The van der Waals surface area contributed by atoms with Gasteiger partial charge in [-0.1, -0.05) is 17.7 Å². The van der Waals surface area contributed by atoms with Gasteiger partial charge in [0.15, 0.2) is 0 Å². The number of pyridine rings is 1. The van der Waals surface area contributed by atoms with Gasteiger partial charge in [0.1, 0.15) is 5.75 Å². The highest BCUT2D eigenvalue weighted by Gasteiger charge is 2.21. The summed E-state index contributed by atoms with van der Waals surface area (Å²) in [6, 6.07) is 15.5. The van der Waals surface area contributed by atoms with E-state index in [2.05, 4.69) is 4.98 Å². The first-order valence-corrected chi connectivity index (χ1v) is 9.66. The third-order valence-electron chi connectivity index (χ3n) is 4.04. The Morgan fingerprint density at radius 2 is 1.68 bits per heavy atom. The molecule has 0 radical (unpaired) electrons. The second-order valence-corrected chi connectivity index (χ2v) is 7.94. The van der Waals surface area contributed by atoms with Gasteiger partial charge in [0.05, 0.1) is 15.5 Å². The zero-order valence-corrected chi connectivity index (χ0v) is 16.0. The van der Waals surface area contributed by atoms with Crippen molar-refractivity contribution in [1.82, 2.24) is 4.98 Å². The van der Waals surface area contributed by atoms with E-state index in [0.717, 1.165) is 9.87 Å². The second kappa shape index (κ2) is 7.65. The van der Waals surface area contributed by atoms with Gasteiger partial charge in [-0.25, -0.2) is 13.4 Å². The van der Waals surface area contributed by atoms with Crippen molar-refractivity contribution >= 4 is 21.4 Å². The number of aromatic nitrogens is 1. The average molecular weight is 399 g/mol. The summed E-state index contributed by atoms with van der Waals surface area (Å²) in [5.74, 6) is 0.160. The molecule has 28 heavy (non-hydrogen) atoms. The van der Waals surface area contributed by atoms with E-state index in [4.69, 9.17) is 4.74 Å². The first-order valence-electron chi connectivity index (χ1n) is 8.22. The number of sulfonamides is 1. The highest BCUT2D eigenvalue weighted by molar-refractivity contribution is 7.92. The number of rotatable bonds is 6. The fourth-order valence-electron chi connectivity index (χ4n) is 2.44. The van der Waals surface area contributed by atoms with Gasteiger partial charge in [0.2, 0.25) is 0 Å². The molecule has 0 amide bonds. The Labute approximate surface area is 162 Å². The molecule has 0 spiro atoms. The first kappa shape index (κ1) is 19.3. The molecule has 8 nitrogen and oxygen atoms in total. The van der Waals surface area contributed by atoms with Crippen LogP contribution in [0.4, 0.5) is 11.4 Å². The molecule has 144 valence electrons. The van der Waals surface area contributed by atoms with Gasteiger partial charge in [-0.15, -0.1) is 0 Å². The lowest BCUT2D eigenvalue weighted by Gasteiger charge is -2.20. The van der Waals surface area contributed by atoms with Gasteiger partial charge < -0.3 is 4.74 Å². The molecule has 0 unspecified atom stereocenters. The molecule has 9 heteroatoms. The van der Waals surface area contributed by atoms with Gasteiger partial charge in [0.25, 0.3) is 15.9 Å². The molecule has 3 rings (SSSR count). The molecule has 0 fully saturated rings. The summed E-state index contributed by atoms with van der Waals surface area (Å²) in [7, 11) is -2.25. The Kier molecular flexibility index (Phi) is 5.27. The van der Waals surface area contributed by atoms with E-state index in [0.29, 0.717) is 11.4 Å². The lowest BCUT2D eigenvalue weighted by Crippen LogP contribution is -2.26. The molecule has 0 saturated carbocycles. The predicted octanol–water partition coefficient (Wildman–Crippen LogP) is 3.92. The van der Waals surface area contributed by atoms with Crippen LogP contribution in [0.5, 0.6) is 11.6 Å². The Morgan fingerprint density at radius 1 is 1.04 bits per heavy atom. The minimum absolute atomic E-state index is 0.138. The van der Waals surface area contributed by atoms with Crippen molar-refractivity contribution in [3.05, 3.63) is 82.5 Å². The van der Waals surface area contributed by atoms with Crippen molar-refractivity contribution in [2.45, 2.75) is 11.8 Å². The summed E-state index contributed by atoms with van der Waals surface area (Å²) in [5.41, 5.74) is 1.13. The molecule has 0 atom stereocenters. The lowest BCUT2D eigenvalue weighted by molar-refractivity contribution is -0.386. The van der Waals surface area contributed by atoms with Crippen LogP contribution >= 0.6 is 0 Å². The molecule has 2 aromatic carbocycles. The molecule has 3 aromatic rings. The molecule has 0 aliphatic heterocycles. The van der Waals surface area contributed by atoms with E-state index in [9.17, 15) is 18.5 Å². The summed E-state index contributed by atoms with van der Waals surface area (Å²) < 4.78 is 32.1. The van der Waals surface area contributed by atoms with Crippen LogP contribution in [0.1, 0.15) is 5.56 Å². The Hall–Kier alpha value is -3.46. The minimum Gasteiger partial charge on any atom is -0.434 e. The summed E-state index contributed by atoms with van der Waals surface area (Å²) in [5, 5.41) is 11.0. The smallest absolute Gasteiger partial charge is 0.331 e. The van der Waals surface area contributed by atoms with Crippen LogP contribution in [0, 0.1) is 17.0 Å². The number of hydrogen-bond donors (Lipinski definition) is 0. The second-order valence-electron chi connectivity index (χ2n) is 5.97. The monoisotopic (exact) mass is 399 g/mol. The van der Waals surface area contributed by atoms with Crippen LogP contribution in [0.2, 0.25) is 0 Å². The summed E-state index contributed by atoms with van der Waals surface area (Å²) in [6.07, 6.45) is 1.39. The first-order chi connectivity index (χ1) is 13.3. The maximum atomic E-state index is 12.7. The number of ether oxygens (including phenoxy) is 1. The van der Waals surface area contributed by atoms with Crippen molar-refractivity contribution in [2.24, 2.45) is 0 Å². The van der Waals surface area contributed by atoms with E-state index in [1.807, 2.05) is 6.92 Å². The predicted molar refractivity (Wildman–Crippen MR) is 104 cm³/mol. The number of hydrogen-bond acceptors (Lipinski definition) is 6. The maximum Gasteiger partial charge on any atom is 0.331 e. The summed E-state index contributed by atoms with van der Waals surface area (Å²) >= 11 is 0. The lowest BCUT2D eigenvalue weighted by atomic mass is 10.2. The topological polar surface area (TPSA) is 103 Å².